The van der Waals surface area contributed by atoms with Crippen LogP contribution in [0.4, 0.5) is 10.1 Å². The molecule has 122 valence electrons. The van der Waals surface area contributed by atoms with Gasteiger partial charge in [0.1, 0.15) is 11.9 Å². The van der Waals surface area contributed by atoms with Gasteiger partial charge in [-0.2, -0.15) is 0 Å². The number of anilines is 1. The van der Waals surface area contributed by atoms with Gasteiger partial charge >= 0.3 is 0 Å². The van der Waals surface area contributed by atoms with Crippen LogP contribution in [0.3, 0.4) is 0 Å². The largest absolute Gasteiger partial charge is 0.320 e. The van der Waals surface area contributed by atoms with E-state index in [1.54, 1.807) is 11.3 Å². The van der Waals surface area contributed by atoms with Crippen LogP contribution in [0, 0.1) is 5.82 Å². The van der Waals surface area contributed by atoms with Crippen LogP contribution in [0.2, 0.25) is 5.02 Å². The van der Waals surface area contributed by atoms with Gasteiger partial charge in [0.25, 0.3) is 5.91 Å². The Bertz CT molecular complexity index is 692. The minimum atomic E-state index is -0.413. The molecular formula is C17H19ClFN2OS+. The monoisotopic (exact) mass is 353 g/mol. The van der Waals surface area contributed by atoms with E-state index in [0.29, 0.717) is 11.7 Å². The SMILES string of the molecule is C[C@H](C(=O)Nc1ccc(F)cc1Cl)[NH+]1CCC[C@@H]1c1cccs1. The Kier molecular flexibility index (Phi) is 4.99. The Morgan fingerprint density at radius 3 is 3.00 bits per heavy atom. The van der Waals surface area contributed by atoms with Crippen LogP contribution in [0.1, 0.15) is 30.7 Å². The summed E-state index contributed by atoms with van der Waals surface area (Å²) < 4.78 is 13.1. The summed E-state index contributed by atoms with van der Waals surface area (Å²) in [7, 11) is 0. The molecule has 1 aromatic carbocycles. The fraction of sp³-hybridized carbons (Fsp3) is 0.353. The van der Waals surface area contributed by atoms with Crippen molar-refractivity contribution in [1.29, 1.82) is 0 Å². The van der Waals surface area contributed by atoms with Crippen LogP contribution in [-0.4, -0.2) is 18.5 Å². The highest BCUT2D eigenvalue weighted by Crippen LogP contribution is 2.25. The molecule has 1 amide bonds. The zero-order valence-corrected chi connectivity index (χ0v) is 14.4. The van der Waals surface area contributed by atoms with Crippen LogP contribution in [0.15, 0.2) is 35.7 Å². The van der Waals surface area contributed by atoms with Crippen molar-refractivity contribution in [2.45, 2.75) is 31.8 Å². The van der Waals surface area contributed by atoms with Gasteiger partial charge < -0.3 is 10.2 Å². The summed E-state index contributed by atoms with van der Waals surface area (Å²) in [5.74, 6) is -0.499. The smallest absolute Gasteiger partial charge is 0.282 e. The second-order valence-electron chi connectivity index (χ2n) is 5.87. The predicted octanol–water partition coefficient (Wildman–Crippen LogP) is 3.29. The first kappa shape index (κ1) is 16.4. The third kappa shape index (κ3) is 3.57. The van der Waals surface area contributed by atoms with Gasteiger partial charge in [-0.15, -0.1) is 11.3 Å². The Balaban J connectivity index is 1.71. The highest BCUT2D eigenvalue weighted by atomic mass is 35.5. The van der Waals surface area contributed by atoms with Crippen molar-refractivity contribution >= 4 is 34.5 Å². The van der Waals surface area contributed by atoms with Crippen LogP contribution in [0.5, 0.6) is 0 Å². The molecule has 0 aliphatic carbocycles. The first-order chi connectivity index (χ1) is 11.1. The number of carbonyl (C=O) groups excluding carboxylic acids is 1. The van der Waals surface area contributed by atoms with Crippen LogP contribution >= 0.6 is 22.9 Å². The van der Waals surface area contributed by atoms with Gasteiger partial charge in [0, 0.05) is 12.8 Å². The molecule has 1 unspecified atom stereocenters. The lowest BCUT2D eigenvalue weighted by molar-refractivity contribution is -0.931. The zero-order chi connectivity index (χ0) is 16.4. The van der Waals surface area contributed by atoms with Crippen molar-refractivity contribution in [2.24, 2.45) is 0 Å². The Morgan fingerprint density at radius 1 is 1.48 bits per heavy atom. The minimum absolute atomic E-state index is 0.0861. The summed E-state index contributed by atoms with van der Waals surface area (Å²) in [5, 5.41) is 5.12. The molecular weight excluding hydrogens is 335 g/mol. The Morgan fingerprint density at radius 2 is 2.30 bits per heavy atom. The van der Waals surface area contributed by atoms with E-state index in [1.807, 2.05) is 6.92 Å². The number of nitrogens with one attached hydrogen (secondary N) is 2. The Labute approximate surface area is 144 Å². The van der Waals surface area contributed by atoms with E-state index in [0.717, 1.165) is 19.4 Å². The van der Waals surface area contributed by atoms with Gasteiger partial charge in [-0.05, 0) is 36.6 Å². The number of halogens is 2. The second kappa shape index (κ2) is 6.99. The number of hydrogen-bond donors (Lipinski definition) is 2. The highest BCUT2D eigenvalue weighted by Gasteiger charge is 2.37. The molecule has 1 aromatic heterocycles. The van der Waals surface area contributed by atoms with Gasteiger partial charge in [0.05, 0.1) is 22.1 Å². The quantitative estimate of drug-likeness (QED) is 0.869. The lowest BCUT2D eigenvalue weighted by Gasteiger charge is -2.26. The molecule has 1 saturated heterocycles. The number of quaternary nitrogens is 1. The van der Waals surface area contributed by atoms with E-state index in [-0.39, 0.29) is 17.0 Å². The molecule has 6 heteroatoms. The molecule has 3 nitrogen and oxygen atoms in total. The topological polar surface area (TPSA) is 33.5 Å². The van der Waals surface area contributed by atoms with Crippen molar-refractivity contribution in [2.75, 3.05) is 11.9 Å². The van der Waals surface area contributed by atoms with Crippen molar-refractivity contribution < 1.29 is 14.1 Å². The molecule has 0 spiro atoms. The van der Waals surface area contributed by atoms with Gasteiger partial charge in [0.2, 0.25) is 0 Å². The molecule has 0 radical (unpaired) electrons. The fourth-order valence-electron chi connectivity index (χ4n) is 3.20. The maximum Gasteiger partial charge on any atom is 0.282 e. The average molecular weight is 354 g/mol. The zero-order valence-electron chi connectivity index (χ0n) is 12.8. The van der Waals surface area contributed by atoms with Crippen molar-refractivity contribution in [3.05, 3.63) is 51.4 Å². The number of thiophene rings is 1. The molecule has 2 heterocycles. The molecule has 0 bridgehead atoms. The molecule has 1 aliphatic rings. The lowest BCUT2D eigenvalue weighted by Crippen LogP contribution is -3.15. The summed E-state index contributed by atoms with van der Waals surface area (Å²) >= 11 is 7.73. The molecule has 2 N–H and O–H groups in total. The summed E-state index contributed by atoms with van der Waals surface area (Å²) in [4.78, 5) is 15.2. The molecule has 1 fully saturated rings. The molecule has 3 rings (SSSR count). The summed E-state index contributed by atoms with van der Waals surface area (Å²) in [5.41, 5.74) is 0.455. The van der Waals surface area contributed by atoms with Gasteiger partial charge in [-0.1, -0.05) is 17.7 Å². The standard InChI is InChI=1S/C17H18ClFN2OS/c1-11(17(22)20-14-7-6-12(19)10-13(14)18)21-8-2-4-15(21)16-5-3-9-23-16/h3,5-7,9-11,15H,2,4,8H2,1H3,(H,20,22)/p+1/t11-,15-/m1/s1. The maximum absolute atomic E-state index is 13.1. The van der Waals surface area contributed by atoms with Crippen LogP contribution in [0.25, 0.3) is 0 Å². The van der Waals surface area contributed by atoms with Crippen LogP contribution < -0.4 is 10.2 Å². The van der Waals surface area contributed by atoms with E-state index in [9.17, 15) is 9.18 Å². The number of benzene rings is 1. The summed E-state index contributed by atoms with van der Waals surface area (Å²) in [6.45, 7) is 2.92. The number of hydrogen-bond acceptors (Lipinski definition) is 2. The minimum Gasteiger partial charge on any atom is -0.320 e. The number of rotatable bonds is 4. The summed E-state index contributed by atoms with van der Waals surface area (Å²) in [6.07, 6.45) is 2.22. The molecule has 2 aromatic rings. The first-order valence-electron chi connectivity index (χ1n) is 7.71. The fourth-order valence-corrected chi connectivity index (χ4v) is 4.32. The normalized spacial score (nSPS) is 22.0. The van der Waals surface area contributed by atoms with Gasteiger partial charge in [-0.3, -0.25) is 4.79 Å². The maximum atomic E-state index is 13.1. The molecule has 3 atom stereocenters. The molecule has 1 aliphatic heterocycles. The second-order valence-corrected chi connectivity index (χ2v) is 7.26. The van der Waals surface area contributed by atoms with Gasteiger partial charge in [-0.25, -0.2) is 4.39 Å². The highest BCUT2D eigenvalue weighted by molar-refractivity contribution is 7.10. The Hall–Kier alpha value is -1.43. The predicted molar refractivity (Wildman–Crippen MR) is 91.6 cm³/mol. The number of carbonyl (C=O) groups is 1. The van der Waals surface area contributed by atoms with E-state index in [1.165, 1.54) is 28.0 Å². The van der Waals surface area contributed by atoms with E-state index in [2.05, 4.69) is 22.8 Å². The van der Waals surface area contributed by atoms with Crippen molar-refractivity contribution in [1.82, 2.24) is 0 Å². The average Bonchev–Trinajstić information content (AvgIpc) is 3.19. The lowest BCUT2D eigenvalue weighted by atomic mass is 10.1. The van der Waals surface area contributed by atoms with E-state index in [4.69, 9.17) is 11.6 Å². The van der Waals surface area contributed by atoms with E-state index >= 15 is 0 Å². The number of amides is 1. The third-order valence-corrected chi connectivity index (χ3v) is 5.73. The van der Waals surface area contributed by atoms with Crippen molar-refractivity contribution in [3.8, 4) is 0 Å². The van der Waals surface area contributed by atoms with E-state index < -0.39 is 5.82 Å². The molecule has 23 heavy (non-hydrogen) atoms. The van der Waals surface area contributed by atoms with Gasteiger partial charge in [0.15, 0.2) is 6.04 Å². The molecule has 0 saturated carbocycles. The summed E-state index contributed by atoms with van der Waals surface area (Å²) in [6, 6.07) is 8.38. The first-order valence-corrected chi connectivity index (χ1v) is 8.97. The van der Waals surface area contributed by atoms with Crippen LogP contribution in [-0.2, 0) is 4.79 Å². The number of likely N-dealkylation sites (tertiary alicyclic amines) is 1. The third-order valence-electron chi connectivity index (χ3n) is 4.43. The van der Waals surface area contributed by atoms with Crippen molar-refractivity contribution in [3.63, 3.8) is 0 Å².